The number of phenolic OH excluding ortho intramolecular Hbond substituents is 1. The number of hydrogen-bond donors (Lipinski definition) is 4. The summed E-state index contributed by atoms with van der Waals surface area (Å²) >= 11 is 0. The van der Waals surface area contributed by atoms with Gasteiger partial charge in [-0.1, -0.05) is 12.1 Å². The monoisotopic (exact) mass is 430 g/mol. The lowest BCUT2D eigenvalue weighted by molar-refractivity contribution is -0.195. The highest BCUT2D eigenvalue weighted by Crippen LogP contribution is 2.50. The summed E-state index contributed by atoms with van der Waals surface area (Å²) in [6, 6.07) is 3.00. The molecule has 0 bridgehead atoms. The second kappa shape index (κ2) is 6.78. The van der Waals surface area contributed by atoms with Gasteiger partial charge in [-0.25, -0.2) is 0 Å². The lowest BCUT2D eigenvalue weighted by Gasteiger charge is -2.54. The number of phenols is 1. The van der Waals surface area contributed by atoms with Crippen LogP contribution < -0.4 is 5.73 Å². The van der Waals surface area contributed by atoms with Crippen molar-refractivity contribution in [3.63, 3.8) is 0 Å². The molecule has 3 aliphatic rings. The Labute approximate surface area is 176 Å². The lowest BCUT2D eigenvalue weighted by Crippen LogP contribution is -2.77. The first-order chi connectivity index (χ1) is 14.4. The number of hydrogen-bond acceptors (Lipinski definition) is 9. The van der Waals surface area contributed by atoms with Crippen LogP contribution in [0.5, 0.6) is 5.75 Å². The van der Waals surface area contributed by atoms with Gasteiger partial charge in [0.05, 0.1) is 29.5 Å². The third-order valence-electron chi connectivity index (χ3n) is 6.88. The molecule has 10 heteroatoms. The van der Waals surface area contributed by atoms with Crippen LogP contribution >= 0.6 is 0 Å². The number of fused-ring (bicyclic) bond motifs is 3. The first-order valence-corrected chi connectivity index (χ1v) is 9.78. The number of aliphatic hydroxyl groups excluding tert-OH is 1. The van der Waals surface area contributed by atoms with E-state index in [9.17, 15) is 39.3 Å². The minimum absolute atomic E-state index is 0.0153. The van der Waals surface area contributed by atoms with Gasteiger partial charge in [-0.2, -0.15) is 0 Å². The molecule has 31 heavy (non-hydrogen) atoms. The summed E-state index contributed by atoms with van der Waals surface area (Å²) in [5.74, 6) is -12.4. The Kier molecular flexibility index (Phi) is 4.65. The second-order valence-corrected chi connectivity index (χ2v) is 8.68. The zero-order valence-electron chi connectivity index (χ0n) is 16.8. The Morgan fingerprint density at radius 1 is 1.16 bits per heavy atom. The smallest absolute Gasteiger partial charge is 0.235 e. The molecular weight excluding hydrogens is 408 g/mol. The van der Waals surface area contributed by atoms with Gasteiger partial charge in [-0.3, -0.25) is 28.9 Å². The molecule has 7 atom stereocenters. The van der Waals surface area contributed by atoms with E-state index in [2.05, 4.69) is 0 Å². The summed E-state index contributed by atoms with van der Waals surface area (Å²) in [5.41, 5.74) is 2.57. The molecular formula is C21H22N2O8. The van der Waals surface area contributed by atoms with Crippen LogP contribution in [0.2, 0.25) is 0 Å². The van der Waals surface area contributed by atoms with E-state index in [1.54, 1.807) is 6.07 Å². The maximum absolute atomic E-state index is 13.5. The number of ketones is 4. The lowest BCUT2D eigenvalue weighted by atomic mass is 9.51. The minimum Gasteiger partial charge on any atom is -0.507 e. The van der Waals surface area contributed by atoms with Gasteiger partial charge in [-0.05, 0) is 32.1 Å². The van der Waals surface area contributed by atoms with E-state index in [0.29, 0.717) is 5.56 Å². The van der Waals surface area contributed by atoms with Crippen molar-refractivity contribution in [3.8, 4) is 5.75 Å². The third-order valence-corrected chi connectivity index (χ3v) is 6.88. The van der Waals surface area contributed by atoms with Crippen LogP contribution in [0.25, 0.3) is 0 Å². The summed E-state index contributed by atoms with van der Waals surface area (Å²) in [6.45, 7) is 0. The van der Waals surface area contributed by atoms with Crippen LogP contribution in [0, 0.1) is 23.7 Å². The number of aliphatic hydroxyl groups is 2. The van der Waals surface area contributed by atoms with E-state index >= 15 is 0 Å². The van der Waals surface area contributed by atoms with Crippen LogP contribution in [0.4, 0.5) is 0 Å². The molecule has 10 nitrogen and oxygen atoms in total. The molecule has 4 rings (SSSR count). The zero-order valence-corrected chi connectivity index (χ0v) is 16.8. The number of amides is 1. The fourth-order valence-electron chi connectivity index (χ4n) is 5.55. The molecule has 164 valence electrons. The number of carbonyl (C=O) groups excluding carboxylic acids is 5. The van der Waals surface area contributed by atoms with Gasteiger partial charge in [0.15, 0.2) is 34.7 Å². The highest BCUT2D eigenvalue weighted by atomic mass is 16.3. The highest BCUT2D eigenvalue weighted by Gasteiger charge is 2.72. The van der Waals surface area contributed by atoms with Crippen molar-refractivity contribution in [1.82, 2.24) is 4.90 Å². The molecule has 1 aromatic rings. The van der Waals surface area contributed by atoms with Gasteiger partial charge in [0.1, 0.15) is 5.75 Å². The zero-order chi connectivity index (χ0) is 23.0. The summed E-state index contributed by atoms with van der Waals surface area (Å²) in [7, 11) is 2.89. The number of Topliss-reactive ketones (excluding diaryl/α,β-unsaturated/α-hetero) is 4. The third kappa shape index (κ3) is 2.58. The fraction of sp³-hybridized carbons (Fsp3) is 0.476. The summed E-state index contributed by atoms with van der Waals surface area (Å²) in [4.78, 5) is 65.8. The quantitative estimate of drug-likeness (QED) is 0.381. The Morgan fingerprint density at radius 2 is 1.81 bits per heavy atom. The van der Waals surface area contributed by atoms with Gasteiger partial charge in [-0.15, -0.1) is 0 Å². The van der Waals surface area contributed by atoms with Crippen molar-refractivity contribution in [2.45, 2.75) is 24.2 Å². The SMILES string of the molecule is CN(C)[C@@H]1C(=O)C(C(N)=O)C(=O)[C@@]2(O)C(=O)C3C(=O)c4c(O)cccc4C[C@H]3[C@H](O)[C@@H]12. The molecule has 0 aromatic heterocycles. The number of primary amides is 1. The van der Waals surface area contributed by atoms with E-state index in [1.807, 2.05) is 0 Å². The predicted molar refractivity (Wildman–Crippen MR) is 103 cm³/mol. The fourth-order valence-corrected chi connectivity index (χ4v) is 5.55. The van der Waals surface area contributed by atoms with Crippen molar-refractivity contribution in [2.75, 3.05) is 14.1 Å². The predicted octanol–water partition coefficient (Wildman–Crippen LogP) is -2.16. The number of benzene rings is 1. The summed E-state index contributed by atoms with van der Waals surface area (Å²) in [5, 5.41) is 32.7. The molecule has 0 aliphatic heterocycles. The minimum atomic E-state index is -2.96. The van der Waals surface area contributed by atoms with Crippen molar-refractivity contribution in [2.24, 2.45) is 29.4 Å². The molecule has 1 amide bonds. The van der Waals surface area contributed by atoms with Gasteiger partial charge in [0.2, 0.25) is 5.91 Å². The average molecular weight is 430 g/mol. The van der Waals surface area contributed by atoms with Crippen LogP contribution in [-0.2, 0) is 25.6 Å². The molecule has 0 saturated heterocycles. The van der Waals surface area contributed by atoms with E-state index in [4.69, 9.17) is 5.73 Å². The maximum atomic E-state index is 13.5. The second-order valence-electron chi connectivity index (χ2n) is 8.68. The summed E-state index contributed by atoms with van der Waals surface area (Å²) in [6.07, 6.45) is -1.58. The number of likely N-dealkylation sites (N-methyl/N-ethyl adjacent to an activating group) is 1. The Hall–Kier alpha value is -2.95. The standard InChI is InChI=1S/C21H22N2O8/c1-23(2)14-13-15(25)8-6-7-4-3-5-9(24)10(7)16(26)11(8)18(28)21(13,31)19(29)12(17(14)27)20(22)30/h3-5,8,11-15,24-25,31H,6H2,1-2H3,(H2,22,30)/t8-,11?,12?,13-,14+,15+,21+/m1/s1. The first kappa shape index (κ1) is 21.3. The number of carbonyl (C=O) groups is 5. The van der Waals surface area contributed by atoms with Crippen molar-refractivity contribution in [1.29, 1.82) is 0 Å². The van der Waals surface area contributed by atoms with Crippen molar-refractivity contribution >= 4 is 29.0 Å². The maximum Gasteiger partial charge on any atom is 0.235 e. The number of nitrogens with two attached hydrogens (primary N) is 1. The topological polar surface area (TPSA) is 175 Å². The Balaban J connectivity index is 1.92. The molecule has 2 unspecified atom stereocenters. The largest absolute Gasteiger partial charge is 0.507 e. The van der Waals surface area contributed by atoms with E-state index < -0.39 is 70.5 Å². The number of aromatic hydroxyl groups is 1. The molecule has 0 heterocycles. The van der Waals surface area contributed by atoms with Crippen LogP contribution in [-0.4, -0.2) is 81.1 Å². The van der Waals surface area contributed by atoms with Crippen molar-refractivity contribution < 1.29 is 39.3 Å². The average Bonchev–Trinajstić information content (AvgIpc) is 2.67. The van der Waals surface area contributed by atoms with E-state index in [0.717, 1.165) is 0 Å². The molecule has 1 aromatic carbocycles. The molecule has 2 fully saturated rings. The van der Waals surface area contributed by atoms with Gasteiger partial charge in [0, 0.05) is 5.92 Å². The number of rotatable bonds is 2. The molecule has 2 saturated carbocycles. The highest BCUT2D eigenvalue weighted by molar-refractivity contribution is 6.32. The van der Waals surface area contributed by atoms with Crippen LogP contribution in [0.3, 0.4) is 0 Å². The normalized spacial score (nSPS) is 37.3. The molecule has 3 aliphatic carbocycles. The Morgan fingerprint density at radius 3 is 2.39 bits per heavy atom. The van der Waals surface area contributed by atoms with Gasteiger partial charge < -0.3 is 21.1 Å². The van der Waals surface area contributed by atoms with Gasteiger partial charge in [0.25, 0.3) is 0 Å². The molecule has 0 spiro atoms. The van der Waals surface area contributed by atoms with Crippen molar-refractivity contribution in [3.05, 3.63) is 29.3 Å². The van der Waals surface area contributed by atoms with E-state index in [-0.39, 0.29) is 17.7 Å². The van der Waals surface area contributed by atoms with Crippen LogP contribution in [0.15, 0.2) is 18.2 Å². The first-order valence-electron chi connectivity index (χ1n) is 9.78. The molecule has 0 radical (unpaired) electrons. The molecule has 5 N–H and O–H groups in total. The van der Waals surface area contributed by atoms with Crippen LogP contribution in [0.1, 0.15) is 15.9 Å². The number of nitrogens with zero attached hydrogens (tertiary/aromatic N) is 1. The Bertz CT molecular complexity index is 1050. The van der Waals surface area contributed by atoms with E-state index in [1.165, 1.54) is 31.1 Å². The summed E-state index contributed by atoms with van der Waals surface area (Å²) < 4.78 is 0. The van der Waals surface area contributed by atoms with Gasteiger partial charge >= 0.3 is 0 Å².